The van der Waals surface area contributed by atoms with Crippen LogP contribution in [0.5, 0.6) is 11.5 Å². The van der Waals surface area contributed by atoms with Crippen molar-refractivity contribution in [3.63, 3.8) is 0 Å². The fourth-order valence-corrected chi connectivity index (χ4v) is 4.19. The van der Waals surface area contributed by atoms with E-state index in [4.69, 9.17) is 4.74 Å². The van der Waals surface area contributed by atoms with Crippen molar-refractivity contribution in [3.8, 4) is 28.7 Å². The minimum absolute atomic E-state index is 0.0170. The smallest absolute Gasteiger partial charge is 0.261 e. The van der Waals surface area contributed by atoms with E-state index in [0.717, 1.165) is 11.1 Å². The fraction of sp³-hybridized carbons (Fsp3) is 0. The van der Waals surface area contributed by atoms with E-state index in [1.807, 2.05) is 60.7 Å². The second-order valence-corrected chi connectivity index (χ2v) is 8.39. The maximum atomic E-state index is 12.7. The molecule has 4 rings (SSSR count). The Labute approximate surface area is 181 Å². The van der Waals surface area contributed by atoms with Crippen molar-refractivity contribution in [2.75, 3.05) is 4.72 Å². The third-order valence-electron chi connectivity index (χ3n) is 4.60. The summed E-state index contributed by atoms with van der Waals surface area (Å²) < 4.78 is 34.0. The van der Waals surface area contributed by atoms with E-state index >= 15 is 0 Å². The summed E-state index contributed by atoms with van der Waals surface area (Å²) in [6, 6.07) is 32.1. The molecule has 4 aromatic rings. The lowest BCUT2D eigenvalue weighted by atomic mass is 10.0. The molecule has 0 saturated carbocycles. The zero-order chi connectivity index (χ0) is 21.7. The van der Waals surface area contributed by atoms with Crippen LogP contribution in [0.15, 0.2) is 108 Å². The maximum absolute atomic E-state index is 12.7. The van der Waals surface area contributed by atoms with E-state index in [2.05, 4.69) is 4.72 Å². The Morgan fingerprint density at radius 1 is 0.742 bits per heavy atom. The summed E-state index contributed by atoms with van der Waals surface area (Å²) in [5.74, 6) is 0.854. The molecule has 1 N–H and O–H groups in total. The zero-order valence-electron chi connectivity index (χ0n) is 16.4. The van der Waals surface area contributed by atoms with Gasteiger partial charge in [0.05, 0.1) is 10.5 Å². The number of rotatable bonds is 6. The second-order valence-electron chi connectivity index (χ2n) is 6.71. The van der Waals surface area contributed by atoms with Gasteiger partial charge in [-0.25, -0.2) is 8.42 Å². The first-order valence-electron chi connectivity index (χ1n) is 9.51. The first-order chi connectivity index (χ1) is 15.1. The van der Waals surface area contributed by atoms with Crippen LogP contribution in [0, 0.1) is 11.3 Å². The Morgan fingerprint density at radius 2 is 1.39 bits per heavy atom. The summed E-state index contributed by atoms with van der Waals surface area (Å²) in [7, 11) is -3.84. The fourth-order valence-electron chi connectivity index (χ4n) is 3.10. The number of ether oxygens (including phenoxy) is 1. The van der Waals surface area contributed by atoms with Crippen molar-refractivity contribution in [2.45, 2.75) is 4.90 Å². The molecule has 0 saturated heterocycles. The SMILES string of the molecule is N#Cc1cc(S(=O)(=O)Nc2ccccc2)ccc1Oc1ccccc1-c1ccccc1. The largest absolute Gasteiger partial charge is 0.455 e. The van der Waals surface area contributed by atoms with Crippen molar-refractivity contribution < 1.29 is 13.2 Å². The van der Waals surface area contributed by atoms with Crippen LogP contribution in [0.3, 0.4) is 0 Å². The Morgan fingerprint density at radius 3 is 2.10 bits per heavy atom. The number of hydrogen-bond donors (Lipinski definition) is 1. The highest BCUT2D eigenvalue weighted by atomic mass is 32.2. The summed E-state index contributed by atoms with van der Waals surface area (Å²) in [5, 5.41) is 9.62. The van der Waals surface area contributed by atoms with E-state index in [0.29, 0.717) is 11.4 Å². The molecule has 0 atom stereocenters. The van der Waals surface area contributed by atoms with Crippen molar-refractivity contribution in [2.24, 2.45) is 0 Å². The number of para-hydroxylation sites is 2. The molecule has 0 aliphatic rings. The summed E-state index contributed by atoms with van der Waals surface area (Å²) >= 11 is 0. The van der Waals surface area contributed by atoms with Crippen molar-refractivity contribution >= 4 is 15.7 Å². The lowest BCUT2D eigenvalue weighted by molar-refractivity contribution is 0.482. The van der Waals surface area contributed by atoms with Gasteiger partial charge in [0, 0.05) is 11.3 Å². The van der Waals surface area contributed by atoms with E-state index in [9.17, 15) is 13.7 Å². The Bertz CT molecular complexity index is 1350. The molecule has 0 aliphatic heterocycles. The molecule has 0 fully saturated rings. The molecule has 4 aromatic carbocycles. The van der Waals surface area contributed by atoms with Gasteiger partial charge in [-0.05, 0) is 42.0 Å². The van der Waals surface area contributed by atoms with E-state index in [1.54, 1.807) is 30.3 Å². The van der Waals surface area contributed by atoms with Gasteiger partial charge in [-0.15, -0.1) is 0 Å². The number of nitrogens with one attached hydrogen (secondary N) is 1. The quantitative estimate of drug-likeness (QED) is 0.421. The number of anilines is 1. The van der Waals surface area contributed by atoms with E-state index in [1.165, 1.54) is 18.2 Å². The zero-order valence-corrected chi connectivity index (χ0v) is 17.2. The molecule has 0 amide bonds. The van der Waals surface area contributed by atoms with Gasteiger partial charge in [0.25, 0.3) is 10.0 Å². The Kier molecular flexibility index (Phi) is 5.69. The molecular weight excluding hydrogens is 408 g/mol. The van der Waals surface area contributed by atoms with Gasteiger partial charge in [0.2, 0.25) is 0 Å². The molecule has 0 spiro atoms. The molecule has 0 aromatic heterocycles. The second kappa shape index (κ2) is 8.74. The molecule has 6 heteroatoms. The lowest BCUT2D eigenvalue weighted by Crippen LogP contribution is -2.13. The van der Waals surface area contributed by atoms with Crippen LogP contribution in [0.1, 0.15) is 5.56 Å². The number of benzene rings is 4. The van der Waals surface area contributed by atoms with E-state index < -0.39 is 10.0 Å². The van der Waals surface area contributed by atoms with Crippen molar-refractivity contribution in [1.29, 1.82) is 5.26 Å². The molecule has 0 radical (unpaired) electrons. The van der Waals surface area contributed by atoms with Crippen LogP contribution in [-0.2, 0) is 10.0 Å². The van der Waals surface area contributed by atoms with Gasteiger partial charge < -0.3 is 4.74 Å². The first-order valence-corrected chi connectivity index (χ1v) is 11.0. The summed E-state index contributed by atoms with van der Waals surface area (Å²) in [4.78, 5) is -0.0170. The molecular formula is C25H18N2O3S. The Balaban J connectivity index is 1.66. The topological polar surface area (TPSA) is 79.2 Å². The predicted octanol–water partition coefficient (Wildman–Crippen LogP) is 5.82. The van der Waals surface area contributed by atoms with Gasteiger partial charge in [-0.2, -0.15) is 5.26 Å². The van der Waals surface area contributed by atoms with Crippen molar-refractivity contribution in [3.05, 3.63) is 109 Å². The summed E-state index contributed by atoms with van der Waals surface area (Å²) in [6.45, 7) is 0. The Hall–Kier alpha value is -4.08. The molecule has 31 heavy (non-hydrogen) atoms. The standard InChI is InChI=1S/C25H18N2O3S/c26-18-20-17-22(31(28,29)27-21-11-5-2-6-12-21)15-16-24(20)30-25-14-8-7-13-23(25)19-9-3-1-4-10-19/h1-17,27H. The highest BCUT2D eigenvalue weighted by Gasteiger charge is 2.18. The van der Waals surface area contributed by atoms with Crippen LogP contribution < -0.4 is 9.46 Å². The minimum Gasteiger partial charge on any atom is -0.455 e. The first kappa shape index (κ1) is 20.2. The van der Waals surface area contributed by atoms with Gasteiger partial charge in [-0.1, -0.05) is 66.7 Å². The highest BCUT2D eigenvalue weighted by molar-refractivity contribution is 7.92. The number of hydrogen-bond acceptors (Lipinski definition) is 4. The van der Waals surface area contributed by atoms with Crippen LogP contribution in [0.25, 0.3) is 11.1 Å². The molecule has 0 aliphatic carbocycles. The van der Waals surface area contributed by atoms with Crippen molar-refractivity contribution in [1.82, 2.24) is 0 Å². The van der Waals surface area contributed by atoms with Gasteiger partial charge in [-0.3, -0.25) is 4.72 Å². The molecule has 0 heterocycles. The van der Waals surface area contributed by atoms with Gasteiger partial charge >= 0.3 is 0 Å². The van der Waals surface area contributed by atoms with Crippen LogP contribution in [0.4, 0.5) is 5.69 Å². The molecule has 0 bridgehead atoms. The maximum Gasteiger partial charge on any atom is 0.261 e. The minimum atomic E-state index is -3.84. The molecule has 5 nitrogen and oxygen atoms in total. The number of nitrogens with zero attached hydrogens (tertiary/aromatic N) is 1. The van der Waals surface area contributed by atoms with Gasteiger partial charge in [0.15, 0.2) is 0 Å². The van der Waals surface area contributed by atoms with E-state index in [-0.39, 0.29) is 16.2 Å². The number of nitriles is 1. The third kappa shape index (κ3) is 4.58. The molecule has 152 valence electrons. The summed E-state index contributed by atoms with van der Waals surface area (Å²) in [5.41, 5.74) is 2.41. The predicted molar refractivity (Wildman–Crippen MR) is 120 cm³/mol. The third-order valence-corrected chi connectivity index (χ3v) is 5.98. The van der Waals surface area contributed by atoms with Crippen LogP contribution in [-0.4, -0.2) is 8.42 Å². The van der Waals surface area contributed by atoms with Gasteiger partial charge in [0.1, 0.15) is 17.6 Å². The molecule has 0 unspecified atom stereocenters. The van der Waals surface area contributed by atoms with Crippen LogP contribution in [0.2, 0.25) is 0 Å². The average molecular weight is 426 g/mol. The highest BCUT2D eigenvalue weighted by Crippen LogP contribution is 2.35. The summed E-state index contributed by atoms with van der Waals surface area (Å²) in [6.07, 6.45) is 0. The van der Waals surface area contributed by atoms with Crippen LogP contribution >= 0.6 is 0 Å². The average Bonchev–Trinajstić information content (AvgIpc) is 2.80. The lowest BCUT2D eigenvalue weighted by Gasteiger charge is -2.14. The number of sulfonamides is 1. The normalized spacial score (nSPS) is 10.8. The monoisotopic (exact) mass is 426 g/mol.